The molecule has 0 aromatic rings. The molecule has 1 heterocycles. The van der Waals surface area contributed by atoms with Gasteiger partial charge in [0.1, 0.15) is 0 Å². The molecule has 1 N–H and O–H groups in total. The summed E-state index contributed by atoms with van der Waals surface area (Å²) in [5.41, 5.74) is 7.96. The van der Waals surface area contributed by atoms with E-state index in [1.54, 1.807) is 0 Å². The maximum Gasteiger partial charge on any atom is 0.263 e. The van der Waals surface area contributed by atoms with Crippen molar-refractivity contribution in [3.63, 3.8) is 0 Å². The summed E-state index contributed by atoms with van der Waals surface area (Å²) in [6, 6.07) is 0. The van der Waals surface area contributed by atoms with Crippen molar-refractivity contribution in [2.45, 2.75) is 12.3 Å². The van der Waals surface area contributed by atoms with Crippen molar-refractivity contribution in [3.05, 3.63) is 10.4 Å². The number of hydrogen-bond acceptors (Lipinski definition) is 2. The van der Waals surface area contributed by atoms with E-state index in [1.807, 2.05) is 0 Å². The van der Waals surface area contributed by atoms with E-state index in [4.69, 9.17) is 5.53 Å². The minimum absolute atomic E-state index is 0. The molecule has 13 heavy (non-hydrogen) atoms. The number of azide groups is 1. The third-order valence-electron chi connectivity index (χ3n) is 1.99. The smallest absolute Gasteiger partial charge is 0.263 e. The number of nitrogens with zero attached hydrogens (tertiary/aromatic N) is 3. The molecule has 76 valence electrons. The molecule has 1 fully saturated rings. The van der Waals surface area contributed by atoms with Crippen LogP contribution < -0.4 is 5.32 Å². The first-order chi connectivity index (χ1) is 5.67. The zero-order chi connectivity index (χ0) is 9.03. The van der Waals surface area contributed by atoms with E-state index in [0.29, 0.717) is 13.0 Å². The molecular formula is C6H11ClF2N4. The Kier molecular flexibility index (Phi) is 4.98. The second-order valence-electron chi connectivity index (χ2n) is 2.84. The quantitative estimate of drug-likeness (QED) is 0.425. The maximum absolute atomic E-state index is 12.9. The van der Waals surface area contributed by atoms with E-state index in [1.165, 1.54) is 0 Å². The van der Waals surface area contributed by atoms with Crippen molar-refractivity contribution in [1.82, 2.24) is 5.32 Å². The van der Waals surface area contributed by atoms with Gasteiger partial charge in [0.25, 0.3) is 5.92 Å². The summed E-state index contributed by atoms with van der Waals surface area (Å²) in [5.74, 6) is -3.53. The maximum atomic E-state index is 12.9. The SMILES string of the molecule is Cl.[N-]=[N+]=NCC1CCNCC1(F)F. The predicted molar refractivity (Wildman–Crippen MR) is 47.2 cm³/mol. The molecule has 0 radical (unpaired) electrons. The molecule has 7 heteroatoms. The average Bonchev–Trinajstić information content (AvgIpc) is 2.02. The lowest BCUT2D eigenvalue weighted by atomic mass is 9.94. The summed E-state index contributed by atoms with van der Waals surface area (Å²) in [6.45, 7) is 0.158. The van der Waals surface area contributed by atoms with E-state index in [-0.39, 0.29) is 25.5 Å². The van der Waals surface area contributed by atoms with Crippen molar-refractivity contribution in [2.75, 3.05) is 19.6 Å². The van der Waals surface area contributed by atoms with Gasteiger partial charge in [0.2, 0.25) is 0 Å². The third-order valence-corrected chi connectivity index (χ3v) is 1.99. The van der Waals surface area contributed by atoms with Gasteiger partial charge in [-0.1, -0.05) is 5.11 Å². The number of alkyl halides is 2. The van der Waals surface area contributed by atoms with Crippen LogP contribution in [0, 0.1) is 5.92 Å². The number of hydrogen-bond donors (Lipinski definition) is 1. The van der Waals surface area contributed by atoms with Crippen molar-refractivity contribution < 1.29 is 8.78 Å². The molecule has 1 atom stereocenters. The Bertz CT molecular complexity index is 205. The average molecular weight is 213 g/mol. The van der Waals surface area contributed by atoms with Crippen LogP contribution in [0.2, 0.25) is 0 Å². The first-order valence-corrected chi connectivity index (χ1v) is 3.76. The van der Waals surface area contributed by atoms with E-state index in [2.05, 4.69) is 15.3 Å². The van der Waals surface area contributed by atoms with Crippen LogP contribution in [0.25, 0.3) is 10.4 Å². The predicted octanol–water partition coefficient (Wildman–Crippen LogP) is 1.96. The fourth-order valence-electron chi connectivity index (χ4n) is 1.25. The number of nitrogens with one attached hydrogen (secondary N) is 1. The van der Waals surface area contributed by atoms with Crippen molar-refractivity contribution in [1.29, 1.82) is 0 Å². The molecule has 0 bridgehead atoms. The molecule has 1 aliphatic rings. The number of piperidine rings is 1. The Balaban J connectivity index is 0.00000144. The van der Waals surface area contributed by atoms with Gasteiger partial charge in [0, 0.05) is 17.4 Å². The van der Waals surface area contributed by atoms with Crippen LogP contribution in [0.5, 0.6) is 0 Å². The summed E-state index contributed by atoms with van der Waals surface area (Å²) in [7, 11) is 0. The summed E-state index contributed by atoms with van der Waals surface area (Å²) in [4.78, 5) is 2.47. The first kappa shape index (κ1) is 12.4. The highest BCUT2D eigenvalue weighted by molar-refractivity contribution is 5.85. The fourth-order valence-corrected chi connectivity index (χ4v) is 1.25. The zero-order valence-corrected chi connectivity index (χ0v) is 7.73. The van der Waals surface area contributed by atoms with Gasteiger partial charge in [-0.2, -0.15) is 0 Å². The molecule has 0 spiro atoms. The minimum Gasteiger partial charge on any atom is -0.311 e. The fraction of sp³-hybridized carbons (Fsp3) is 1.00. The molecular weight excluding hydrogens is 202 g/mol. The van der Waals surface area contributed by atoms with Gasteiger partial charge in [0.05, 0.1) is 6.54 Å². The highest BCUT2D eigenvalue weighted by Gasteiger charge is 2.40. The summed E-state index contributed by atoms with van der Waals surface area (Å²) < 4.78 is 25.9. The normalized spacial score (nSPS) is 25.5. The van der Waals surface area contributed by atoms with Gasteiger partial charge < -0.3 is 5.32 Å². The van der Waals surface area contributed by atoms with E-state index in [0.717, 1.165) is 0 Å². The highest BCUT2D eigenvalue weighted by Crippen LogP contribution is 2.29. The van der Waals surface area contributed by atoms with Crippen molar-refractivity contribution in [2.24, 2.45) is 11.0 Å². The topological polar surface area (TPSA) is 60.8 Å². The van der Waals surface area contributed by atoms with Crippen molar-refractivity contribution >= 4 is 12.4 Å². The molecule has 1 rings (SSSR count). The molecule has 0 aromatic heterocycles. The number of rotatable bonds is 2. The minimum atomic E-state index is -2.73. The van der Waals surface area contributed by atoms with Gasteiger partial charge in [-0.15, -0.1) is 12.4 Å². The Morgan fingerprint density at radius 3 is 2.85 bits per heavy atom. The van der Waals surface area contributed by atoms with E-state index in [9.17, 15) is 8.78 Å². The third kappa shape index (κ3) is 3.34. The van der Waals surface area contributed by atoms with Crippen LogP contribution in [0.1, 0.15) is 6.42 Å². The lowest BCUT2D eigenvalue weighted by molar-refractivity contribution is -0.0692. The Morgan fingerprint density at radius 2 is 2.31 bits per heavy atom. The Hall–Kier alpha value is -0.580. The van der Waals surface area contributed by atoms with Crippen LogP contribution in [-0.2, 0) is 0 Å². The van der Waals surface area contributed by atoms with Crippen LogP contribution >= 0.6 is 12.4 Å². The molecule has 0 amide bonds. The van der Waals surface area contributed by atoms with E-state index >= 15 is 0 Å². The number of halogens is 3. The standard InChI is InChI=1S/C6H10F2N4.ClH/c7-6(8)4-10-2-1-5(6)3-11-12-9;/h5,10H,1-4H2;1H. The summed E-state index contributed by atoms with van der Waals surface area (Å²) in [5, 5.41) is 5.76. The van der Waals surface area contributed by atoms with E-state index < -0.39 is 11.8 Å². The largest absolute Gasteiger partial charge is 0.311 e. The van der Waals surface area contributed by atoms with Crippen molar-refractivity contribution in [3.8, 4) is 0 Å². The first-order valence-electron chi connectivity index (χ1n) is 3.76. The summed E-state index contributed by atoms with van der Waals surface area (Å²) in [6.07, 6.45) is 0.367. The van der Waals surface area contributed by atoms with Crippen LogP contribution in [0.3, 0.4) is 0 Å². The molecule has 1 unspecified atom stereocenters. The van der Waals surface area contributed by atoms with Gasteiger partial charge >= 0.3 is 0 Å². The highest BCUT2D eigenvalue weighted by atomic mass is 35.5. The van der Waals surface area contributed by atoms with Gasteiger partial charge in [-0.05, 0) is 18.5 Å². The lowest BCUT2D eigenvalue weighted by Gasteiger charge is -2.30. The van der Waals surface area contributed by atoms with Crippen LogP contribution in [0.15, 0.2) is 5.11 Å². The van der Waals surface area contributed by atoms with Crippen LogP contribution in [-0.4, -0.2) is 25.6 Å². The second-order valence-corrected chi connectivity index (χ2v) is 2.84. The van der Waals surface area contributed by atoms with Gasteiger partial charge in [0.15, 0.2) is 0 Å². The Morgan fingerprint density at radius 1 is 1.62 bits per heavy atom. The molecule has 0 aromatic carbocycles. The summed E-state index contributed by atoms with van der Waals surface area (Å²) >= 11 is 0. The Labute approximate surface area is 80.7 Å². The second kappa shape index (κ2) is 5.21. The van der Waals surface area contributed by atoms with Crippen LogP contribution in [0.4, 0.5) is 8.78 Å². The molecule has 1 saturated heterocycles. The lowest BCUT2D eigenvalue weighted by Crippen LogP contribution is -2.47. The van der Waals surface area contributed by atoms with Gasteiger partial charge in [-0.3, -0.25) is 0 Å². The monoisotopic (exact) mass is 212 g/mol. The molecule has 4 nitrogen and oxygen atoms in total. The molecule has 0 aliphatic carbocycles. The molecule has 1 aliphatic heterocycles. The van der Waals surface area contributed by atoms with Gasteiger partial charge in [-0.25, -0.2) is 8.78 Å². The molecule has 0 saturated carbocycles. The zero-order valence-electron chi connectivity index (χ0n) is 6.91.